The second-order valence-corrected chi connectivity index (χ2v) is 5.79. The lowest BCUT2D eigenvalue weighted by Gasteiger charge is -2.13. The van der Waals surface area contributed by atoms with Gasteiger partial charge in [-0.1, -0.05) is 13.0 Å². The number of rotatable bonds is 5. The molecule has 0 saturated carbocycles. The number of fused-ring (bicyclic) bond motifs is 1. The Morgan fingerprint density at radius 3 is 2.62 bits per heavy atom. The molecular weight excluding hydrogens is 326 g/mol. The van der Waals surface area contributed by atoms with Gasteiger partial charge in [0.2, 0.25) is 0 Å². The summed E-state index contributed by atoms with van der Waals surface area (Å²) in [6, 6.07) is 15.2. The number of aromatic nitrogens is 1. The van der Waals surface area contributed by atoms with Gasteiger partial charge in [0.15, 0.2) is 0 Å². The molecule has 3 rings (SSSR count). The molecule has 0 amide bonds. The average Bonchev–Trinajstić information content (AvgIpc) is 2.68. The van der Waals surface area contributed by atoms with Crippen molar-refractivity contribution in [1.29, 1.82) is 5.26 Å². The number of esters is 1. The second kappa shape index (κ2) is 7.66. The minimum Gasteiger partial charge on any atom is -0.462 e. The fourth-order valence-corrected chi connectivity index (χ4v) is 2.73. The average molecular weight is 345 g/mol. The molecule has 5 nitrogen and oxygen atoms in total. The number of nitriles is 1. The van der Waals surface area contributed by atoms with Crippen molar-refractivity contribution in [3.8, 4) is 6.07 Å². The molecule has 130 valence electrons. The van der Waals surface area contributed by atoms with Crippen molar-refractivity contribution >= 4 is 28.2 Å². The van der Waals surface area contributed by atoms with E-state index in [9.17, 15) is 10.1 Å². The Kier molecular flexibility index (Phi) is 5.14. The number of nitrogens with one attached hydrogen (secondary N) is 1. The van der Waals surface area contributed by atoms with Gasteiger partial charge in [0, 0.05) is 17.3 Å². The van der Waals surface area contributed by atoms with Gasteiger partial charge in [-0.05, 0) is 55.3 Å². The second-order valence-electron chi connectivity index (χ2n) is 5.79. The molecule has 0 aliphatic carbocycles. The molecule has 0 bridgehead atoms. The van der Waals surface area contributed by atoms with E-state index in [1.807, 2.05) is 12.1 Å². The van der Waals surface area contributed by atoms with Crippen molar-refractivity contribution < 1.29 is 9.53 Å². The van der Waals surface area contributed by atoms with Crippen LogP contribution in [0.2, 0.25) is 0 Å². The zero-order valence-corrected chi connectivity index (χ0v) is 14.7. The fraction of sp³-hybridized carbons (Fsp3) is 0.190. The van der Waals surface area contributed by atoms with Gasteiger partial charge in [0.25, 0.3) is 0 Å². The van der Waals surface area contributed by atoms with Gasteiger partial charge in [-0.25, -0.2) is 4.79 Å². The van der Waals surface area contributed by atoms with Crippen LogP contribution in [0.15, 0.2) is 48.7 Å². The minimum atomic E-state index is -0.348. The van der Waals surface area contributed by atoms with E-state index in [4.69, 9.17) is 4.74 Å². The Balaban J connectivity index is 1.99. The Morgan fingerprint density at radius 2 is 1.96 bits per heavy atom. The van der Waals surface area contributed by atoms with Gasteiger partial charge in [-0.15, -0.1) is 0 Å². The summed E-state index contributed by atoms with van der Waals surface area (Å²) in [6.07, 6.45) is 2.48. The van der Waals surface area contributed by atoms with Crippen molar-refractivity contribution in [2.24, 2.45) is 0 Å². The third kappa shape index (κ3) is 3.50. The maximum atomic E-state index is 11.8. The number of anilines is 2. The molecule has 1 N–H and O–H groups in total. The van der Waals surface area contributed by atoms with Crippen LogP contribution in [-0.2, 0) is 11.2 Å². The monoisotopic (exact) mass is 345 g/mol. The van der Waals surface area contributed by atoms with Crippen molar-refractivity contribution in [2.75, 3.05) is 11.9 Å². The van der Waals surface area contributed by atoms with E-state index in [0.717, 1.165) is 28.7 Å². The summed E-state index contributed by atoms with van der Waals surface area (Å²) >= 11 is 0. The standard InChI is InChI=1S/C21H19N3O2/c1-3-14-5-10-19-18(11-14)20(16(12-22)13-23-19)24-17-8-6-15(7-9-17)21(25)26-4-2/h5-11,13H,3-4H2,1-2H3,(H,23,24). The van der Waals surface area contributed by atoms with Crippen LogP contribution in [0.5, 0.6) is 0 Å². The summed E-state index contributed by atoms with van der Waals surface area (Å²) in [5, 5.41) is 13.7. The Morgan fingerprint density at radius 1 is 1.19 bits per heavy atom. The van der Waals surface area contributed by atoms with Gasteiger partial charge in [-0.3, -0.25) is 4.98 Å². The lowest BCUT2D eigenvalue weighted by Crippen LogP contribution is -2.04. The third-order valence-electron chi connectivity index (χ3n) is 4.13. The first kappa shape index (κ1) is 17.4. The van der Waals surface area contributed by atoms with E-state index in [0.29, 0.717) is 17.7 Å². The molecular formula is C21H19N3O2. The van der Waals surface area contributed by atoms with Crippen LogP contribution in [-0.4, -0.2) is 17.6 Å². The molecule has 0 unspecified atom stereocenters. The van der Waals surface area contributed by atoms with Crippen LogP contribution in [0.4, 0.5) is 11.4 Å². The number of ether oxygens (including phenoxy) is 1. The van der Waals surface area contributed by atoms with Crippen LogP contribution in [0.1, 0.15) is 35.3 Å². The number of hydrogen-bond acceptors (Lipinski definition) is 5. The number of nitrogens with zero attached hydrogens (tertiary/aromatic N) is 2. The molecule has 0 aliphatic rings. The molecule has 26 heavy (non-hydrogen) atoms. The number of hydrogen-bond donors (Lipinski definition) is 1. The van der Waals surface area contributed by atoms with Crippen LogP contribution < -0.4 is 5.32 Å². The molecule has 0 atom stereocenters. The van der Waals surface area contributed by atoms with Gasteiger partial charge in [0.1, 0.15) is 6.07 Å². The predicted octanol–water partition coefficient (Wildman–Crippen LogP) is 4.59. The number of aryl methyl sites for hydroxylation is 1. The smallest absolute Gasteiger partial charge is 0.338 e. The zero-order valence-electron chi connectivity index (χ0n) is 14.7. The lowest BCUT2D eigenvalue weighted by molar-refractivity contribution is 0.0526. The van der Waals surface area contributed by atoms with Crippen molar-refractivity contribution in [2.45, 2.75) is 20.3 Å². The molecule has 0 aliphatic heterocycles. The maximum Gasteiger partial charge on any atom is 0.338 e. The topological polar surface area (TPSA) is 75.0 Å². The van der Waals surface area contributed by atoms with Gasteiger partial charge < -0.3 is 10.1 Å². The van der Waals surface area contributed by atoms with Gasteiger partial charge in [-0.2, -0.15) is 5.26 Å². The summed E-state index contributed by atoms with van der Waals surface area (Å²) in [6.45, 7) is 4.20. The van der Waals surface area contributed by atoms with Crippen molar-refractivity contribution in [1.82, 2.24) is 4.98 Å². The van der Waals surface area contributed by atoms with E-state index >= 15 is 0 Å². The summed E-state index contributed by atoms with van der Waals surface area (Å²) in [5.74, 6) is -0.348. The molecule has 0 saturated heterocycles. The third-order valence-corrected chi connectivity index (χ3v) is 4.13. The van der Waals surface area contributed by atoms with Gasteiger partial charge >= 0.3 is 5.97 Å². The normalized spacial score (nSPS) is 10.3. The molecule has 0 radical (unpaired) electrons. The number of carbonyl (C=O) groups is 1. The first-order valence-corrected chi connectivity index (χ1v) is 8.52. The highest BCUT2D eigenvalue weighted by atomic mass is 16.5. The molecule has 2 aromatic carbocycles. The molecule has 1 aromatic heterocycles. The highest BCUT2D eigenvalue weighted by Crippen LogP contribution is 2.29. The van der Waals surface area contributed by atoms with E-state index in [2.05, 4.69) is 29.4 Å². The fourth-order valence-electron chi connectivity index (χ4n) is 2.73. The minimum absolute atomic E-state index is 0.340. The predicted molar refractivity (Wildman–Crippen MR) is 102 cm³/mol. The number of benzene rings is 2. The van der Waals surface area contributed by atoms with Crippen molar-refractivity contribution in [3.63, 3.8) is 0 Å². The van der Waals surface area contributed by atoms with E-state index in [1.54, 1.807) is 37.4 Å². The Hall–Kier alpha value is -3.39. The SMILES string of the molecule is CCOC(=O)c1ccc(Nc2c(C#N)cnc3ccc(CC)cc23)cc1. The molecule has 0 spiro atoms. The maximum absolute atomic E-state index is 11.8. The highest BCUT2D eigenvalue weighted by molar-refractivity contribution is 5.96. The largest absolute Gasteiger partial charge is 0.462 e. The summed E-state index contributed by atoms with van der Waals surface area (Å²) in [7, 11) is 0. The van der Waals surface area contributed by atoms with E-state index in [-0.39, 0.29) is 5.97 Å². The zero-order chi connectivity index (χ0) is 18.5. The molecule has 1 heterocycles. The number of carbonyl (C=O) groups excluding carboxylic acids is 1. The summed E-state index contributed by atoms with van der Waals surface area (Å²) in [5.41, 5.74) is 4.47. The van der Waals surface area contributed by atoms with Crippen LogP contribution in [0.3, 0.4) is 0 Å². The highest BCUT2D eigenvalue weighted by Gasteiger charge is 2.11. The van der Waals surface area contributed by atoms with Crippen LogP contribution in [0, 0.1) is 11.3 Å². The quantitative estimate of drug-likeness (QED) is 0.685. The first-order valence-electron chi connectivity index (χ1n) is 8.52. The van der Waals surface area contributed by atoms with E-state index in [1.165, 1.54) is 5.56 Å². The number of pyridine rings is 1. The van der Waals surface area contributed by atoms with E-state index < -0.39 is 0 Å². The lowest BCUT2D eigenvalue weighted by atomic mass is 10.0. The summed E-state index contributed by atoms with van der Waals surface area (Å²) in [4.78, 5) is 16.1. The van der Waals surface area contributed by atoms with Crippen molar-refractivity contribution in [3.05, 3.63) is 65.4 Å². The Labute approximate surface area is 152 Å². The van der Waals surface area contributed by atoms with Crippen LogP contribution >= 0.6 is 0 Å². The molecule has 3 aromatic rings. The Bertz CT molecular complexity index is 989. The summed E-state index contributed by atoms with van der Waals surface area (Å²) < 4.78 is 5.00. The molecule has 0 fully saturated rings. The molecule has 5 heteroatoms. The van der Waals surface area contributed by atoms with Crippen LogP contribution in [0.25, 0.3) is 10.9 Å². The first-order chi connectivity index (χ1) is 12.7. The van der Waals surface area contributed by atoms with Gasteiger partial charge in [0.05, 0.1) is 28.9 Å².